The highest BCUT2D eigenvalue weighted by molar-refractivity contribution is 6.00. The minimum Gasteiger partial charge on any atom is -0.481 e. The first kappa shape index (κ1) is 19.0. The molecule has 25 heavy (non-hydrogen) atoms. The van der Waals surface area contributed by atoms with Crippen LogP contribution in [-0.4, -0.2) is 29.1 Å². The summed E-state index contributed by atoms with van der Waals surface area (Å²) in [6, 6.07) is 16.0. The number of hydrogen-bond acceptors (Lipinski definition) is 3. The van der Waals surface area contributed by atoms with E-state index in [1.54, 1.807) is 4.90 Å². The molecule has 0 radical (unpaired) electrons. The van der Waals surface area contributed by atoms with E-state index in [1.807, 2.05) is 54.6 Å². The fraction of sp³-hybridized carbons (Fsp3) is 0.263. The molecule has 0 fully saturated rings. The van der Waals surface area contributed by atoms with Crippen molar-refractivity contribution in [3.05, 3.63) is 65.7 Å². The van der Waals surface area contributed by atoms with Gasteiger partial charge in [0.1, 0.15) is 0 Å². The van der Waals surface area contributed by atoms with Gasteiger partial charge in [-0.25, -0.2) is 0 Å². The lowest BCUT2D eigenvalue weighted by Gasteiger charge is -2.27. The quantitative estimate of drug-likeness (QED) is 0.857. The van der Waals surface area contributed by atoms with Crippen LogP contribution in [0.25, 0.3) is 0 Å². The van der Waals surface area contributed by atoms with Gasteiger partial charge in [-0.05, 0) is 30.0 Å². The van der Waals surface area contributed by atoms with Crippen LogP contribution < -0.4 is 10.6 Å². The van der Waals surface area contributed by atoms with Crippen LogP contribution in [0.3, 0.4) is 0 Å². The molecule has 3 rings (SSSR count). The maximum absolute atomic E-state index is 12.9. The topological polar surface area (TPSA) is 83.6 Å². The molecule has 2 aromatic carbocycles. The van der Waals surface area contributed by atoms with Gasteiger partial charge in [0.05, 0.1) is 18.5 Å². The summed E-state index contributed by atoms with van der Waals surface area (Å²) in [6.45, 7) is 0. The van der Waals surface area contributed by atoms with Crippen LogP contribution in [0.15, 0.2) is 54.6 Å². The van der Waals surface area contributed by atoms with Crippen LogP contribution in [0.1, 0.15) is 17.5 Å². The first-order valence-corrected chi connectivity index (χ1v) is 7.98. The van der Waals surface area contributed by atoms with E-state index in [0.717, 1.165) is 16.8 Å². The van der Waals surface area contributed by atoms with Crippen molar-refractivity contribution >= 4 is 30.0 Å². The van der Waals surface area contributed by atoms with Crippen molar-refractivity contribution < 1.29 is 14.7 Å². The molecule has 1 heterocycles. The zero-order valence-corrected chi connectivity index (χ0v) is 14.5. The van der Waals surface area contributed by atoms with Crippen LogP contribution in [0.2, 0.25) is 0 Å². The third kappa shape index (κ3) is 4.18. The van der Waals surface area contributed by atoms with Gasteiger partial charge in [0.2, 0.25) is 5.91 Å². The summed E-state index contributed by atoms with van der Waals surface area (Å²) in [4.78, 5) is 25.7. The molecule has 0 saturated heterocycles. The Morgan fingerprint density at radius 1 is 1.12 bits per heavy atom. The van der Waals surface area contributed by atoms with E-state index in [0.29, 0.717) is 12.8 Å². The van der Waals surface area contributed by atoms with Crippen molar-refractivity contribution in [3.63, 3.8) is 0 Å². The summed E-state index contributed by atoms with van der Waals surface area (Å²) in [5, 5.41) is 9.16. The van der Waals surface area contributed by atoms with E-state index in [1.165, 1.54) is 0 Å². The molecule has 0 aromatic heterocycles. The number of nitrogens with zero attached hydrogens (tertiary/aromatic N) is 1. The first-order valence-electron chi connectivity index (χ1n) is 7.98. The molecule has 5 nitrogen and oxygen atoms in total. The number of halogens is 1. The van der Waals surface area contributed by atoms with Crippen molar-refractivity contribution in [1.29, 1.82) is 0 Å². The predicted molar refractivity (Wildman–Crippen MR) is 99.0 cm³/mol. The van der Waals surface area contributed by atoms with Gasteiger partial charge in [0.15, 0.2) is 0 Å². The summed E-state index contributed by atoms with van der Waals surface area (Å²) in [5.41, 5.74) is 8.89. The average Bonchev–Trinajstić information content (AvgIpc) is 2.92. The molecular weight excluding hydrogens is 340 g/mol. The van der Waals surface area contributed by atoms with Gasteiger partial charge in [-0.15, -0.1) is 12.4 Å². The van der Waals surface area contributed by atoms with E-state index in [-0.39, 0.29) is 30.8 Å². The molecule has 2 atom stereocenters. The number of nitrogens with two attached hydrogens (primary N) is 1. The van der Waals surface area contributed by atoms with Crippen LogP contribution in [0.4, 0.5) is 5.69 Å². The number of hydrogen-bond donors (Lipinski definition) is 2. The smallest absolute Gasteiger partial charge is 0.305 e. The number of aliphatic carboxylic acids is 1. The molecule has 1 amide bonds. The van der Waals surface area contributed by atoms with Gasteiger partial charge in [0, 0.05) is 5.69 Å². The number of rotatable bonds is 5. The zero-order chi connectivity index (χ0) is 17.1. The van der Waals surface area contributed by atoms with Crippen LogP contribution in [0, 0.1) is 0 Å². The Morgan fingerprint density at radius 3 is 2.44 bits per heavy atom. The number of carbonyl (C=O) groups excluding carboxylic acids is 1. The molecular formula is C19H21ClN2O3. The van der Waals surface area contributed by atoms with Crippen LogP contribution in [-0.2, 0) is 22.4 Å². The van der Waals surface area contributed by atoms with Crippen LogP contribution >= 0.6 is 12.4 Å². The van der Waals surface area contributed by atoms with Crippen LogP contribution in [0.5, 0.6) is 0 Å². The fourth-order valence-corrected chi connectivity index (χ4v) is 3.26. The number of amides is 1. The highest BCUT2D eigenvalue weighted by Gasteiger charge is 2.36. The molecule has 0 saturated carbocycles. The molecule has 6 heteroatoms. The summed E-state index contributed by atoms with van der Waals surface area (Å²) in [6.07, 6.45) is 0.892. The lowest BCUT2D eigenvalue weighted by Crippen LogP contribution is -2.48. The zero-order valence-electron chi connectivity index (χ0n) is 13.7. The van der Waals surface area contributed by atoms with Gasteiger partial charge in [-0.3, -0.25) is 9.59 Å². The van der Waals surface area contributed by atoms with Crippen molar-refractivity contribution in [3.8, 4) is 0 Å². The number of carboxylic acid groups (broad SMARTS) is 1. The molecule has 0 spiro atoms. The summed E-state index contributed by atoms with van der Waals surface area (Å²) < 4.78 is 0. The van der Waals surface area contributed by atoms with E-state index >= 15 is 0 Å². The predicted octanol–water partition coefficient (Wildman–Crippen LogP) is 2.41. The molecule has 1 aliphatic rings. The minimum atomic E-state index is -0.915. The molecule has 2 aromatic rings. The molecule has 1 unspecified atom stereocenters. The molecule has 132 valence electrons. The Bertz CT molecular complexity index is 751. The van der Waals surface area contributed by atoms with E-state index in [9.17, 15) is 9.59 Å². The Kier molecular flexibility index (Phi) is 6.17. The molecule has 1 aliphatic heterocycles. The summed E-state index contributed by atoms with van der Waals surface area (Å²) in [7, 11) is 0. The van der Waals surface area contributed by atoms with Gasteiger partial charge in [0.25, 0.3) is 0 Å². The number of para-hydroxylation sites is 1. The van der Waals surface area contributed by atoms with Gasteiger partial charge < -0.3 is 15.7 Å². The minimum absolute atomic E-state index is 0. The third-order valence-corrected chi connectivity index (χ3v) is 4.34. The number of carbonyl (C=O) groups is 2. The highest BCUT2D eigenvalue weighted by Crippen LogP contribution is 2.34. The summed E-state index contributed by atoms with van der Waals surface area (Å²) >= 11 is 0. The SMILES string of the molecule is Cl.NC(Cc1ccccc1)C(=O)N1c2ccccc2C[C@@H]1CC(=O)O. The molecule has 3 N–H and O–H groups in total. The van der Waals surface area contributed by atoms with E-state index < -0.39 is 12.0 Å². The van der Waals surface area contributed by atoms with Gasteiger partial charge >= 0.3 is 5.97 Å². The fourth-order valence-electron chi connectivity index (χ4n) is 3.26. The number of fused-ring (bicyclic) bond motifs is 1. The van der Waals surface area contributed by atoms with Crippen molar-refractivity contribution in [2.24, 2.45) is 5.73 Å². The average molecular weight is 361 g/mol. The lowest BCUT2D eigenvalue weighted by atomic mass is 10.0. The Hall–Kier alpha value is -2.37. The van der Waals surface area contributed by atoms with Crippen molar-refractivity contribution in [2.45, 2.75) is 31.3 Å². The maximum Gasteiger partial charge on any atom is 0.305 e. The van der Waals surface area contributed by atoms with Crippen molar-refractivity contribution in [1.82, 2.24) is 0 Å². The first-order chi connectivity index (χ1) is 11.6. The Labute approximate surface area is 152 Å². The number of carboxylic acids is 1. The largest absolute Gasteiger partial charge is 0.481 e. The lowest BCUT2D eigenvalue weighted by molar-refractivity contribution is -0.137. The van der Waals surface area contributed by atoms with E-state index in [4.69, 9.17) is 10.8 Å². The second-order valence-corrected chi connectivity index (χ2v) is 6.09. The Balaban J connectivity index is 0.00000225. The Morgan fingerprint density at radius 2 is 1.76 bits per heavy atom. The van der Waals surface area contributed by atoms with Crippen molar-refractivity contribution in [2.75, 3.05) is 4.90 Å². The maximum atomic E-state index is 12.9. The monoisotopic (exact) mass is 360 g/mol. The summed E-state index contributed by atoms with van der Waals surface area (Å²) in [5.74, 6) is -1.14. The van der Waals surface area contributed by atoms with E-state index in [2.05, 4.69) is 0 Å². The standard InChI is InChI=1S/C19H20N2O3.ClH/c20-16(10-13-6-2-1-3-7-13)19(24)21-15(12-18(22)23)11-14-8-4-5-9-17(14)21;/h1-9,15-16H,10-12,20H2,(H,22,23);1H/t15-,16?;/m1./s1. The second kappa shape index (κ2) is 8.14. The highest BCUT2D eigenvalue weighted by atomic mass is 35.5. The molecule has 0 bridgehead atoms. The normalized spacial score (nSPS) is 16.7. The van der Waals surface area contributed by atoms with Gasteiger partial charge in [-0.2, -0.15) is 0 Å². The molecule has 0 aliphatic carbocycles. The van der Waals surface area contributed by atoms with Gasteiger partial charge in [-0.1, -0.05) is 48.5 Å². The second-order valence-electron chi connectivity index (χ2n) is 6.09. The third-order valence-electron chi connectivity index (χ3n) is 4.34. The number of benzene rings is 2. The number of anilines is 1.